The lowest BCUT2D eigenvalue weighted by Crippen LogP contribution is -2.38. The second kappa shape index (κ2) is 6.35. The summed E-state index contributed by atoms with van der Waals surface area (Å²) in [7, 11) is 1.89. The van der Waals surface area contributed by atoms with Crippen molar-refractivity contribution in [1.29, 1.82) is 0 Å². The Hall–Kier alpha value is -1.75. The lowest BCUT2D eigenvalue weighted by atomic mass is 10.1. The van der Waals surface area contributed by atoms with Crippen LogP contribution in [-0.4, -0.2) is 50.2 Å². The number of ether oxygens (including phenoxy) is 2. The predicted molar refractivity (Wildman–Crippen MR) is 80.0 cm³/mol. The standard InChI is InChI=1S/C16H22N2O3/c1-18(12-4-3-8-17-9-7-12)16(19)13-5-2-6-14-15(13)21-11-10-20-14/h2,5-6,12,17H,3-4,7-11H2,1H3. The van der Waals surface area contributed by atoms with E-state index in [9.17, 15) is 4.79 Å². The fraction of sp³-hybridized carbons (Fsp3) is 0.562. The summed E-state index contributed by atoms with van der Waals surface area (Å²) < 4.78 is 11.2. The zero-order chi connectivity index (χ0) is 14.7. The van der Waals surface area contributed by atoms with E-state index in [2.05, 4.69) is 5.32 Å². The number of rotatable bonds is 2. The average molecular weight is 290 g/mol. The minimum Gasteiger partial charge on any atom is -0.486 e. The third-order valence-corrected chi connectivity index (χ3v) is 4.21. The third-order valence-electron chi connectivity index (χ3n) is 4.21. The zero-order valence-electron chi connectivity index (χ0n) is 12.4. The quantitative estimate of drug-likeness (QED) is 0.900. The van der Waals surface area contributed by atoms with Gasteiger partial charge in [0.2, 0.25) is 0 Å². The monoisotopic (exact) mass is 290 g/mol. The van der Waals surface area contributed by atoms with Crippen molar-refractivity contribution in [2.45, 2.75) is 25.3 Å². The molecule has 1 fully saturated rings. The first-order valence-corrected chi connectivity index (χ1v) is 7.64. The summed E-state index contributed by atoms with van der Waals surface area (Å²) in [5, 5.41) is 3.38. The highest BCUT2D eigenvalue weighted by atomic mass is 16.6. The van der Waals surface area contributed by atoms with Gasteiger partial charge in [-0.3, -0.25) is 4.79 Å². The Kier molecular flexibility index (Phi) is 4.29. The highest BCUT2D eigenvalue weighted by molar-refractivity contribution is 5.98. The van der Waals surface area contributed by atoms with Crippen LogP contribution in [0.15, 0.2) is 18.2 Å². The molecule has 1 unspecified atom stereocenters. The molecule has 1 atom stereocenters. The van der Waals surface area contributed by atoms with Gasteiger partial charge in [0.05, 0.1) is 5.56 Å². The van der Waals surface area contributed by atoms with E-state index in [0.717, 1.165) is 32.4 Å². The molecule has 21 heavy (non-hydrogen) atoms. The summed E-state index contributed by atoms with van der Waals surface area (Å²) in [6.45, 7) is 3.04. The van der Waals surface area contributed by atoms with Crippen LogP contribution >= 0.6 is 0 Å². The minimum atomic E-state index is 0.0178. The SMILES string of the molecule is CN(C(=O)c1cccc2c1OCCO2)C1CCCNCC1. The van der Waals surface area contributed by atoms with Crippen molar-refractivity contribution in [3.05, 3.63) is 23.8 Å². The number of nitrogens with one attached hydrogen (secondary N) is 1. The number of amides is 1. The normalized spacial score (nSPS) is 21.5. The zero-order valence-corrected chi connectivity index (χ0v) is 12.4. The molecule has 1 saturated heterocycles. The van der Waals surface area contributed by atoms with E-state index in [4.69, 9.17) is 9.47 Å². The van der Waals surface area contributed by atoms with Gasteiger partial charge in [0.15, 0.2) is 11.5 Å². The molecule has 2 aliphatic heterocycles. The molecule has 2 heterocycles. The van der Waals surface area contributed by atoms with Crippen LogP contribution in [0.1, 0.15) is 29.6 Å². The molecule has 5 nitrogen and oxygen atoms in total. The molecule has 0 radical (unpaired) electrons. The first kappa shape index (κ1) is 14.2. The maximum Gasteiger partial charge on any atom is 0.257 e. The Morgan fingerprint density at radius 1 is 1.24 bits per heavy atom. The average Bonchev–Trinajstić information content (AvgIpc) is 2.82. The molecule has 2 aliphatic rings. The topological polar surface area (TPSA) is 50.8 Å². The molecule has 1 aromatic carbocycles. The maximum atomic E-state index is 12.8. The molecular formula is C16H22N2O3. The fourth-order valence-corrected chi connectivity index (χ4v) is 2.99. The molecule has 5 heteroatoms. The first-order valence-electron chi connectivity index (χ1n) is 7.64. The Bertz CT molecular complexity index is 510. The summed E-state index contributed by atoms with van der Waals surface area (Å²) in [5.74, 6) is 1.28. The smallest absolute Gasteiger partial charge is 0.257 e. The molecule has 0 aromatic heterocycles. The minimum absolute atomic E-state index is 0.0178. The summed E-state index contributed by atoms with van der Waals surface area (Å²) in [6, 6.07) is 5.80. The number of hydrogen-bond donors (Lipinski definition) is 1. The lowest BCUT2D eigenvalue weighted by molar-refractivity contribution is 0.0710. The van der Waals surface area contributed by atoms with E-state index in [1.54, 1.807) is 0 Å². The van der Waals surface area contributed by atoms with Crippen molar-refractivity contribution in [1.82, 2.24) is 10.2 Å². The second-order valence-corrected chi connectivity index (χ2v) is 5.58. The Labute approximate surface area is 125 Å². The number of para-hydroxylation sites is 1. The number of nitrogens with zero attached hydrogens (tertiary/aromatic N) is 1. The van der Waals surface area contributed by atoms with Crippen molar-refractivity contribution < 1.29 is 14.3 Å². The molecule has 1 amide bonds. The molecule has 0 spiro atoms. The van der Waals surface area contributed by atoms with E-state index >= 15 is 0 Å². The molecule has 3 rings (SSSR count). The summed E-state index contributed by atoms with van der Waals surface area (Å²) in [4.78, 5) is 14.7. The summed E-state index contributed by atoms with van der Waals surface area (Å²) >= 11 is 0. The fourth-order valence-electron chi connectivity index (χ4n) is 2.99. The van der Waals surface area contributed by atoms with Gasteiger partial charge in [0, 0.05) is 13.1 Å². The van der Waals surface area contributed by atoms with Gasteiger partial charge in [0.1, 0.15) is 13.2 Å². The van der Waals surface area contributed by atoms with E-state index in [1.165, 1.54) is 0 Å². The van der Waals surface area contributed by atoms with Gasteiger partial charge >= 0.3 is 0 Å². The van der Waals surface area contributed by atoms with Crippen LogP contribution in [0.5, 0.6) is 11.5 Å². The van der Waals surface area contributed by atoms with Crippen molar-refractivity contribution in [2.24, 2.45) is 0 Å². The van der Waals surface area contributed by atoms with Gasteiger partial charge in [-0.25, -0.2) is 0 Å². The molecule has 0 bridgehead atoms. The largest absolute Gasteiger partial charge is 0.486 e. The van der Waals surface area contributed by atoms with Crippen LogP contribution in [0.2, 0.25) is 0 Å². The van der Waals surface area contributed by atoms with Crippen LogP contribution in [0.25, 0.3) is 0 Å². The van der Waals surface area contributed by atoms with Gasteiger partial charge in [0.25, 0.3) is 5.91 Å². The number of benzene rings is 1. The van der Waals surface area contributed by atoms with Crippen molar-refractivity contribution in [2.75, 3.05) is 33.4 Å². The van der Waals surface area contributed by atoms with E-state index < -0.39 is 0 Å². The lowest BCUT2D eigenvalue weighted by Gasteiger charge is -2.28. The van der Waals surface area contributed by atoms with Gasteiger partial charge in [-0.2, -0.15) is 0 Å². The van der Waals surface area contributed by atoms with Gasteiger partial charge < -0.3 is 19.7 Å². The number of hydrogen-bond acceptors (Lipinski definition) is 4. The van der Waals surface area contributed by atoms with Crippen LogP contribution in [0.4, 0.5) is 0 Å². The third kappa shape index (κ3) is 2.97. The van der Waals surface area contributed by atoms with Gasteiger partial charge in [-0.15, -0.1) is 0 Å². The Morgan fingerprint density at radius 2 is 2.10 bits per heavy atom. The highest BCUT2D eigenvalue weighted by Crippen LogP contribution is 2.34. The number of fused-ring (bicyclic) bond motifs is 1. The van der Waals surface area contributed by atoms with Crippen LogP contribution < -0.4 is 14.8 Å². The van der Waals surface area contributed by atoms with Crippen LogP contribution in [0.3, 0.4) is 0 Å². The van der Waals surface area contributed by atoms with Gasteiger partial charge in [-0.05, 0) is 44.5 Å². The molecule has 0 aliphatic carbocycles. The second-order valence-electron chi connectivity index (χ2n) is 5.58. The highest BCUT2D eigenvalue weighted by Gasteiger charge is 2.26. The first-order chi connectivity index (χ1) is 10.3. The van der Waals surface area contributed by atoms with E-state index in [0.29, 0.717) is 30.3 Å². The molecule has 0 saturated carbocycles. The molecule has 1 N–H and O–H groups in total. The van der Waals surface area contributed by atoms with E-state index in [1.807, 2.05) is 30.1 Å². The molecule has 1 aromatic rings. The maximum absolute atomic E-state index is 12.8. The van der Waals surface area contributed by atoms with Crippen molar-refractivity contribution in [3.63, 3.8) is 0 Å². The molecular weight excluding hydrogens is 268 g/mol. The van der Waals surface area contributed by atoms with Crippen molar-refractivity contribution >= 4 is 5.91 Å². The van der Waals surface area contributed by atoms with Crippen LogP contribution in [0, 0.1) is 0 Å². The number of carbonyl (C=O) groups is 1. The van der Waals surface area contributed by atoms with Crippen molar-refractivity contribution in [3.8, 4) is 11.5 Å². The summed E-state index contributed by atoms with van der Waals surface area (Å²) in [5.41, 5.74) is 0.604. The predicted octanol–water partition coefficient (Wildman–Crippen LogP) is 1.67. The van der Waals surface area contributed by atoms with E-state index in [-0.39, 0.29) is 11.9 Å². The number of carbonyl (C=O) groups excluding carboxylic acids is 1. The Balaban J connectivity index is 1.81. The van der Waals surface area contributed by atoms with Gasteiger partial charge in [-0.1, -0.05) is 6.07 Å². The Morgan fingerprint density at radius 3 is 3.00 bits per heavy atom. The van der Waals surface area contributed by atoms with Crippen LogP contribution in [-0.2, 0) is 0 Å². The molecule has 114 valence electrons. The summed E-state index contributed by atoms with van der Waals surface area (Å²) in [6.07, 6.45) is 3.14.